The van der Waals surface area contributed by atoms with Crippen LogP contribution in [0.25, 0.3) is 0 Å². The molecule has 0 amide bonds. The molecule has 0 bridgehead atoms. The molecule has 3 nitrogen and oxygen atoms in total. The summed E-state index contributed by atoms with van der Waals surface area (Å²) in [6, 6.07) is 0. The number of thioether (sulfide) groups is 1. The van der Waals surface area contributed by atoms with Gasteiger partial charge in [-0.15, -0.1) is 16.8 Å². The van der Waals surface area contributed by atoms with Gasteiger partial charge >= 0.3 is 0 Å². The van der Waals surface area contributed by atoms with Crippen LogP contribution < -0.4 is 5.32 Å². The number of nitrogens with one attached hydrogen (secondary N) is 1. The molecule has 0 radical (unpaired) electrons. The summed E-state index contributed by atoms with van der Waals surface area (Å²) in [7, 11) is 0. The monoisotopic (exact) mass is 215 g/mol. The average molecular weight is 215 g/mol. The molecule has 0 aliphatic heterocycles. The first-order chi connectivity index (χ1) is 6.33. The van der Waals surface area contributed by atoms with Gasteiger partial charge in [0.1, 0.15) is 5.01 Å². The van der Waals surface area contributed by atoms with Crippen molar-refractivity contribution in [1.29, 1.82) is 0 Å². The van der Waals surface area contributed by atoms with Crippen molar-refractivity contribution in [3.05, 3.63) is 17.7 Å². The van der Waals surface area contributed by atoms with Crippen molar-refractivity contribution in [3.8, 4) is 0 Å². The minimum Gasteiger partial charge on any atom is -0.312 e. The molecule has 1 rings (SSSR count). The van der Waals surface area contributed by atoms with Crippen LogP contribution in [0.2, 0.25) is 0 Å². The van der Waals surface area contributed by atoms with E-state index in [0.29, 0.717) is 0 Å². The Hall–Kier alpha value is -0.390. The van der Waals surface area contributed by atoms with Crippen molar-refractivity contribution in [2.24, 2.45) is 0 Å². The van der Waals surface area contributed by atoms with Crippen LogP contribution in [-0.4, -0.2) is 29.0 Å². The van der Waals surface area contributed by atoms with E-state index in [4.69, 9.17) is 0 Å². The van der Waals surface area contributed by atoms with Crippen molar-refractivity contribution < 1.29 is 0 Å². The maximum Gasteiger partial charge on any atom is 0.174 e. The highest BCUT2D eigenvalue weighted by Gasteiger charge is 1.99. The summed E-state index contributed by atoms with van der Waals surface area (Å²) in [6.45, 7) is 7.45. The van der Waals surface area contributed by atoms with Crippen LogP contribution >= 0.6 is 23.1 Å². The molecule has 0 fully saturated rings. The van der Waals surface area contributed by atoms with Gasteiger partial charge in [0.25, 0.3) is 0 Å². The normalized spacial score (nSPS) is 10.2. The second-order valence-corrected chi connectivity index (χ2v) is 4.95. The lowest BCUT2D eigenvalue weighted by Gasteiger charge is -1.97. The summed E-state index contributed by atoms with van der Waals surface area (Å²) in [5.74, 6) is 1.03. The van der Waals surface area contributed by atoms with Crippen molar-refractivity contribution in [2.75, 3.05) is 18.8 Å². The molecule has 0 unspecified atom stereocenters. The summed E-state index contributed by atoms with van der Waals surface area (Å²) in [4.78, 5) is 0. The van der Waals surface area contributed by atoms with Gasteiger partial charge in [0.15, 0.2) is 4.34 Å². The zero-order valence-corrected chi connectivity index (χ0v) is 9.25. The highest BCUT2D eigenvalue weighted by molar-refractivity contribution is 8.01. The highest BCUT2D eigenvalue weighted by Crippen LogP contribution is 2.20. The van der Waals surface area contributed by atoms with E-state index in [9.17, 15) is 0 Å². The standard InChI is InChI=1S/C8H13N3S2/c1-3-4-9-5-6-12-8-11-10-7(2)13-8/h3,9H,1,4-6H2,2H3. The van der Waals surface area contributed by atoms with Crippen molar-refractivity contribution in [2.45, 2.75) is 11.3 Å². The van der Waals surface area contributed by atoms with Crippen LogP contribution in [0.3, 0.4) is 0 Å². The summed E-state index contributed by atoms with van der Waals surface area (Å²) in [6.07, 6.45) is 1.86. The van der Waals surface area contributed by atoms with Gasteiger partial charge in [0, 0.05) is 18.8 Å². The van der Waals surface area contributed by atoms with Crippen LogP contribution in [0.4, 0.5) is 0 Å². The quantitative estimate of drug-likeness (QED) is 0.445. The van der Waals surface area contributed by atoms with E-state index in [2.05, 4.69) is 22.1 Å². The van der Waals surface area contributed by atoms with E-state index >= 15 is 0 Å². The van der Waals surface area contributed by atoms with Crippen molar-refractivity contribution >= 4 is 23.1 Å². The van der Waals surface area contributed by atoms with E-state index in [1.54, 1.807) is 23.1 Å². The molecular weight excluding hydrogens is 202 g/mol. The maximum absolute atomic E-state index is 4.02. The highest BCUT2D eigenvalue weighted by atomic mass is 32.2. The van der Waals surface area contributed by atoms with Gasteiger partial charge in [-0.3, -0.25) is 0 Å². The smallest absolute Gasteiger partial charge is 0.174 e. The number of nitrogens with zero attached hydrogens (tertiary/aromatic N) is 2. The fourth-order valence-corrected chi connectivity index (χ4v) is 2.53. The predicted octanol–water partition coefficient (Wildman–Crippen LogP) is 1.71. The number of hydrogen-bond acceptors (Lipinski definition) is 5. The summed E-state index contributed by atoms with van der Waals surface area (Å²) < 4.78 is 1.05. The van der Waals surface area contributed by atoms with Crippen LogP contribution in [0.1, 0.15) is 5.01 Å². The lowest BCUT2D eigenvalue weighted by atomic mass is 10.6. The second kappa shape index (κ2) is 6.12. The number of aryl methyl sites for hydroxylation is 1. The number of rotatable bonds is 6. The van der Waals surface area contributed by atoms with Gasteiger partial charge < -0.3 is 5.32 Å². The van der Waals surface area contributed by atoms with Gasteiger partial charge in [-0.1, -0.05) is 29.2 Å². The van der Waals surface area contributed by atoms with E-state index < -0.39 is 0 Å². The van der Waals surface area contributed by atoms with E-state index in [1.807, 2.05) is 13.0 Å². The zero-order chi connectivity index (χ0) is 9.52. The van der Waals surface area contributed by atoms with Gasteiger partial charge in [0.2, 0.25) is 0 Å². The lowest BCUT2D eigenvalue weighted by Crippen LogP contribution is -2.16. The molecule has 0 atom stereocenters. The Morgan fingerprint density at radius 3 is 3.08 bits per heavy atom. The first-order valence-electron chi connectivity index (χ1n) is 4.07. The molecule has 1 N–H and O–H groups in total. The SMILES string of the molecule is C=CCNCCSc1nnc(C)s1. The fourth-order valence-electron chi connectivity index (χ4n) is 0.751. The van der Waals surface area contributed by atoms with Gasteiger partial charge in [-0.2, -0.15) is 0 Å². The molecule has 1 aromatic heterocycles. The number of hydrogen-bond donors (Lipinski definition) is 1. The summed E-state index contributed by atoms with van der Waals surface area (Å²) >= 11 is 3.38. The fraction of sp³-hybridized carbons (Fsp3) is 0.500. The van der Waals surface area contributed by atoms with Crippen LogP contribution in [0.15, 0.2) is 17.0 Å². The zero-order valence-electron chi connectivity index (χ0n) is 7.62. The largest absolute Gasteiger partial charge is 0.312 e. The lowest BCUT2D eigenvalue weighted by molar-refractivity contribution is 0.806. The summed E-state index contributed by atoms with van der Waals surface area (Å²) in [5, 5.41) is 12.2. The Balaban J connectivity index is 2.09. The minimum absolute atomic E-state index is 0.871. The van der Waals surface area contributed by atoms with E-state index in [1.165, 1.54) is 0 Å². The first-order valence-corrected chi connectivity index (χ1v) is 5.87. The number of aromatic nitrogens is 2. The van der Waals surface area contributed by atoms with Gasteiger partial charge in [-0.05, 0) is 6.92 Å². The van der Waals surface area contributed by atoms with Crippen LogP contribution in [0, 0.1) is 6.92 Å². The summed E-state index contributed by atoms with van der Waals surface area (Å²) in [5.41, 5.74) is 0. The Labute approximate surface area is 86.7 Å². The molecule has 72 valence electrons. The Morgan fingerprint density at radius 1 is 1.62 bits per heavy atom. The van der Waals surface area contributed by atoms with Gasteiger partial charge in [0.05, 0.1) is 0 Å². The Bertz CT molecular complexity index is 260. The van der Waals surface area contributed by atoms with Crippen LogP contribution in [-0.2, 0) is 0 Å². The molecular formula is C8H13N3S2. The van der Waals surface area contributed by atoms with Gasteiger partial charge in [-0.25, -0.2) is 0 Å². The molecule has 5 heteroatoms. The third kappa shape index (κ3) is 4.40. The van der Waals surface area contributed by atoms with E-state index in [0.717, 1.165) is 28.2 Å². The molecule has 1 heterocycles. The molecule has 0 aliphatic carbocycles. The molecule has 0 aromatic carbocycles. The third-order valence-corrected chi connectivity index (χ3v) is 3.27. The third-order valence-electron chi connectivity index (χ3n) is 1.30. The second-order valence-electron chi connectivity index (χ2n) is 2.43. The van der Waals surface area contributed by atoms with E-state index in [-0.39, 0.29) is 0 Å². The van der Waals surface area contributed by atoms with Crippen molar-refractivity contribution in [1.82, 2.24) is 15.5 Å². The Morgan fingerprint density at radius 2 is 2.46 bits per heavy atom. The molecule has 0 saturated carbocycles. The molecule has 13 heavy (non-hydrogen) atoms. The minimum atomic E-state index is 0.871. The predicted molar refractivity (Wildman–Crippen MR) is 58.4 cm³/mol. The van der Waals surface area contributed by atoms with Crippen molar-refractivity contribution in [3.63, 3.8) is 0 Å². The first kappa shape index (κ1) is 10.7. The molecule has 0 spiro atoms. The average Bonchev–Trinajstić information content (AvgIpc) is 2.51. The Kier molecular flexibility index (Phi) is 5.03. The molecule has 0 saturated heterocycles. The van der Waals surface area contributed by atoms with Crippen LogP contribution in [0.5, 0.6) is 0 Å². The topological polar surface area (TPSA) is 37.8 Å². The molecule has 0 aliphatic rings. The maximum atomic E-state index is 4.02. The molecule has 1 aromatic rings.